The predicted octanol–water partition coefficient (Wildman–Crippen LogP) is 2.37. The number of anilines is 1. The van der Waals surface area contributed by atoms with Gasteiger partial charge in [0.15, 0.2) is 26.7 Å². The number of phenols is 2. The van der Waals surface area contributed by atoms with Crippen LogP contribution in [0.5, 0.6) is 11.5 Å². The van der Waals surface area contributed by atoms with Crippen LogP contribution in [0.15, 0.2) is 49.7 Å². The van der Waals surface area contributed by atoms with E-state index >= 15 is 0 Å². The van der Waals surface area contributed by atoms with Gasteiger partial charge in [-0.3, -0.25) is 14.5 Å². The van der Waals surface area contributed by atoms with Gasteiger partial charge >= 0.3 is 11.9 Å². The fourth-order valence-electron chi connectivity index (χ4n) is 4.09. The van der Waals surface area contributed by atoms with Crippen molar-refractivity contribution in [2.45, 2.75) is 35.2 Å². The number of aromatic nitrogens is 2. The first kappa shape index (κ1) is 32.1. The minimum atomic E-state index is -1.78. The standard InChI is InChI=1S/C26H24N6O9S4/c1-26(2,23(39)40)41-31-16(13-9-43-24(27)28-13)19(35)30-17-20(36)32-18(22(37)38)11(6-42-21(17)32)7-44-25-29-12(8-45-25)10-3-4-14(33)15(34)5-10/h3-5,8-9,17,21,33-34H,6-7H2,1-2H3,(H2,27,28)(H,30,35)(H,37,38)(H,39,40)/t17-,21-/m1/s1. The van der Waals surface area contributed by atoms with E-state index in [9.17, 15) is 39.6 Å². The van der Waals surface area contributed by atoms with E-state index in [1.54, 1.807) is 11.4 Å². The first-order valence-electron chi connectivity index (χ1n) is 12.8. The summed E-state index contributed by atoms with van der Waals surface area (Å²) in [6, 6.07) is 3.25. The van der Waals surface area contributed by atoms with Crippen LogP contribution in [0.4, 0.5) is 5.13 Å². The van der Waals surface area contributed by atoms with Gasteiger partial charge in [-0.25, -0.2) is 19.6 Å². The highest BCUT2D eigenvalue weighted by molar-refractivity contribution is 8.01. The summed E-state index contributed by atoms with van der Waals surface area (Å²) in [5.41, 5.74) is 5.01. The quantitative estimate of drug-likeness (QED) is 0.0556. The van der Waals surface area contributed by atoms with Crippen LogP contribution < -0.4 is 11.1 Å². The largest absolute Gasteiger partial charge is 0.504 e. The third-order valence-electron chi connectivity index (χ3n) is 6.52. The van der Waals surface area contributed by atoms with E-state index in [4.69, 9.17) is 10.6 Å². The van der Waals surface area contributed by atoms with Crippen molar-refractivity contribution >= 4 is 80.8 Å². The van der Waals surface area contributed by atoms with E-state index < -0.39 is 46.5 Å². The Morgan fingerprint density at radius 2 is 1.93 bits per heavy atom. The monoisotopic (exact) mass is 692 g/mol. The number of carbonyl (C=O) groups is 4. The van der Waals surface area contributed by atoms with Crippen molar-refractivity contribution in [3.8, 4) is 22.8 Å². The number of benzene rings is 1. The van der Waals surface area contributed by atoms with Crippen molar-refractivity contribution in [3.05, 3.63) is 45.9 Å². The minimum absolute atomic E-state index is 0.00843. The van der Waals surface area contributed by atoms with Gasteiger partial charge in [-0.15, -0.1) is 34.4 Å². The molecule has 0 aliphatic carbocycles. The molecule has 0 bridgehead atoms. The molecule has 2 atom stereocenters. The lowest BCUT2D eigenvalue weighted by Gasteiger charge is -2.49. The number of aromatic hydroxyl groups is 2. The number of amides is 2. The molecule has 2 aromatic heterocycles. The van der Waals surface area contributed by atoms with Gasteiger partial charge < -0.3 is 36.3 Å². The maximum atomic E-state index is 13.3. The number of thiazole rings is 2. The van der Waals surface area contributed by atoms with E-state index in [-0.39, 0.29) is 39.5 Å². The molecule has 1 saturated heterocycles. The van der Waals surface area contributed by atoms with Crippen molar-refractivity contribution in [1.82, 2.24) is 20.2 Å². The molecule has 1 fully saturated rings. The predicted molar refractivity (Wildman–Crippen MR) is 167 cm³/mol. The molecule has 15 nitrogen and oxygen atoms in total. The fraction of sp³-hybridized carbons (Fsp3) is 0.269. The molecule has 0 saturated carbocycles. The highest BCUT2D eigenvalue weighted by Gasteiger charge is 2.54. The number of carboxylic acids is 2. The molecule has 0 spiro atoms. The average molecular weight is 693 g/mol. The summed E-state index contributed by atoms with van der Waals surface area (Å²) in [6.45, 7) is 2.47. The summed E-state index contributed by atoms with van der Waals surface area (Å²) in [7, 11) is 0. The van der Waals surface area contributed by atoms with Crippen LogP contribution in [-0.4, -0.2) is 93.3 Å². The summed E-state index contributed by atoms with van der Waals surface area (Å²) in [6.07, 6.45) is 0. The molecule has 0 radical (unpaired) electrons. The Bertz CT molecular complexity index is 1770. The van der Waals surface area contributed by atoms with Crippen molar-refractivity contribution in [2.24, 2.45) is 5.16 Å². The average Bonchev–Trinajstić information content (AvgIpc) is 3.64. The number of carbonyl (C=O) groups excluding carboxylic acids is 2. The van der Waals surface area contributed by atoms with Crippen LogP contribution in [-0.2, 0) is 24.0 Å². The number of thioether (sulfide) groups is 2. The van der Waals surface area contributed by atoms with E-state index in [2.05, 4.69) is 20.4 Å². The van der Waals surface area contributed by atoms with Gasteiger partial charge in [-0.2, -0.15) is 0 Å². The van der Waals surface area contributed by atoms with Crippen LogP contribution in [0.2, 0.25) is 0 Å². The van der Waals surface area contributed by atoms with Gasteiger partial charge in [0.25, 0.3) is 11.8 Å². The number of hydrogen-bond donors (Lipinski definition) is 6. The van der Waals surface area contributed by atoms with Crippen molar-refractivity contribution in [2.75, 3.05) is 17.2 Å². The van der Waals surface area contributed by atoms with Gasteiger partial charge in [0, 0.05) is 27.8 Å². The van der Waals surface area contributed by atoms with Crippen molar-refractivity contribution in [3.63, 3.8) is 0 Å². The summed E-state index contributed by atoms with van der Waals surface area (Å²) >= 11 is 4.90. The lowest BCUT2D eigenvalue weighted by molar-refractivity contribution is -0.161. The summed E-state index contributed by atoms with van der Waals surface area (Å²) in [5.74, 6) is -4.19. The third kappa shape index (κ3) is 6.56. The number of fused-ring (bicyclic) bond motifs is 1. The first-order valence-corrected chi connectivity index (χ1v) is 16.6. The van der Waals surface area contributed by atoms with Crippen LogP contribution in [0, 0.1) is 0 Å². The third-order valence-corrected chi connectivity index (χ3v) is 10.6. The summed E-state index contributed by atoms with van der Waals surface area (Å²) < 4.78 is 0.629. The SMILES string of the molecule is CC(C)(ON=C(C(=O)N[C@@H]1C(=O)N2C(C(=O)O)=C(CSc3nc(-c4ccc(O)c(O)c4)cs3)CS[C@H]12)c1csc(N)n1)C(=O)O. The van der Waals surface area contributed by atoms with E-state index in [1.165, 1.54) is 66.2 Å². The van der Waals surface area contributed by atoms with Crippen molar-refractivity contribution in [1.29, 1.82) is 0 Å². The number of aliphatic carboxylic acids is 2. The lowest BCUT2D eigenvalue weighted by Crippen LogP contribution is -2.71. The smallest absolute Gasteiger partial charge is 0.352 e. The Labute approximate surface area is 270 Å². The Balaban J connectivity index is 1.29. The molecule has 19 heteroatoms. The number of rotatable bonds is 11. The second-order valence-corrected chi connectivity index (χ2v) is 14.1. The zero-order chi connectivity index (χ0) is 32.6. The van der Waals surface area contributed by atoms with E-state index in [0.29, 0.717) is 21.2 Å². The van der Waals surface area contributed by atoms with Gasteiger partial charge in [0.1, 0.15) is 22.8 Å². The summed E-state index contributed by atoms with van der Waals surface area (Å²) in [5, 5.41) is 47.5. The molecule has 5 rings (SSSR count). The molecule has 4 heterocycles. The number of nitrogens with zero attached hydrogens (tertiary/aromatic N) is 4. The Hall–Kier alpha value is -4.33. The van der Waals surface area contributed by atoms with E-state index in [0.717, 1.165) is 16.2 Å². The molecule has 45 heavy (non-hydrogen) atoms. The first-order chi connectivity index (χ1) is 21.3. The molecule has 3 aromatic rings. The fourth-order valence-corrected chi connectivity index (χ4v) is 7.96. The number of oxime groups is 1. The van der Waals surface area contributed by atoms with Gasteiger partial charge in [0.05, 0.1) is 5.69 Å². The van der Waals surface area contributed by atoms with Gasteiger partial charge in [-0.1, -0.05) is 16.9 Å². The number of β-lactam (4-membered cyclic amide) rings is 1. The number of nitrogen functional groups attached to an aromatic ring is 1. The molecule has 1 aromatic carbocycles. The summed E-state index contributed by atoms with van der Waals surface area (Å²) in [4.78, 5) is 65.0. The molecule has 236 valence electrons. The maximum absolute atomic E-state index is 13.3. The molecule has 2 amide bonds. The number of phenolic OH excluding ortho intramolecular Hbond substituents is 2. The molecule has 2 aliphatic rings. The van der Waals surface area contributed by atoms with Gasteiger partial charge in [0.2, 0.25) is 5.60 Å². The lowest BCUT2D eigenvalue weighted by atomic mass is 10.0. The maximum Gasteiger partial charge on any atom is 0.352 e. The van der Waals surface area contributed by atoms with Gasteiger partial charge in [-0.05, 0) is 37.6 Å². The highest BCUT2D eigenvalue weighted by atomic mass is 32.2. The topological polar surface area (TPSA) is 238 Å². The Morgan fingerprint density at radius 3 is 2.58 bits per heavy atom. The number of nitrogens with one attached hydrogen (secondary N) is 1. The van der Waals surface area contributed by atoms with Crippen LogP contribution in [0.1, 0.15) is 19.5 Å². The molecule has 7 N–H and O–H groups in total. The van der Waals surface area contributed by atoms with Crippen molar-refractivity contribution < 1.29 is 44.4 Å². The Kier molecular flexibility index (Phi) is 8.97. The second-order valence-electron chi connectivity index (χ2n) is 10.0. The molecular weight excluding hydrogens is 669 g/mol. The van der Waals surface area contributed by atoms with E-state index in [1.807, 2.05) is 0 Å². The number of hydrogen-bond acceptors (Lipinski definition) is 15. The number of nitrogens with two attached hydrogens (primary N) is 1. The zero-order valence-electron chi connectivity index (χ0n) is 23.3. The van der Waals surface area contributed by atoms with Crippen LogP contribution in [0.25, 0.3) is 11.3 Å². The number of carboxylic acid groups (broad SMARTS) is 2. The minimum Gasteiger partial charge on any atom is -0.504 e. The molecular formula is C26H24N6O9S4. The zero-order valence-corrected chi connectivity index (χ0v) is 26.6. The highest BCUT2D eigenvalue weighted by Crippen LogP contribution is 2.42. The normalized spacial score (nSPS) is 18.3. The molecule has 0 unspecified atom stereocenters. The van der Waals surface area contributed by atoms with Crippen LogP contribution in [0.3, 0.4) is 0 Å². The Morgan fingerprint density at radius 1 is 1.18 bits per heavy atom. The molecule has 2 aliphatic heterocycles. The second kappa shape index (κ2) is 12.6. The van der Waals surface area contributed by atoms with Crippen LogP contribution >= 0.6 is 46.2 Å².